The molecule has 152 valence electrons. The maximum absolute atomic E-state index is 13.2. The van der Waals surface area contributed by atoms with Gasteiger partial charge in [-0.25, -0.2) is 4.98 Å². The fraction of sp³-hybridized carbons (Fsp3) is 0.300. The van der Waals surface area contributed by atoms with E-state index in [0.29, 0.717) is 52.4 Å². The molecule has 9 heteroatoms. The highest BCUT2D eigenvalue weighted by Crippen LogP contribution is 2.33. The van der Waals surface area contributed by atoms with Gasteiger partial charge in [0.2, 0.25) is 0 Å². The Morgan fingerprint density at radius 1 is 1.41 bits per heavy atom. The Kier molecular flexibility index (Phi) is 6.83. The summed E-state index contributed by atoms with van der Waals surface area (Å²) in [7, 11) is 1.61. The lowest BCUT2D eigenvalue weighted by Gasteiger charge is -2.13. The zero-order valence-electron chi connectivity index (χ0n) is 16.3. The van der Waals surface area contributed by atoms with Crippen LogP contribution in [0.5, 0.6) is 0 Å². The minimum atomic E-state index is -0.255. The van der Waals surface area contributed by atoms with Crippen LogP contribution in [0.4, 0.5) is 5.82 Å². The molecule has 0 atom stereocenters. The molecule has 1 aliphatic rings. The Morgan fingerprint density at radius 3 is 2.93 bits per heavy atom. The molecule has 2 aromatic heterocycles. The highest BCUT2D eigenvalue weighted by atomic mass is 32.2. The van der Waals surface area contributed by atoms with Crippen molar-refractivity contribution in [2.45, 2.75) is 13.3 Å². The van der Waals surface area contributed by atoms with Gasteiger partial charge in [-0.1, -0.05) is 36.1 Å². The zero-order chi connectivity index (χ0) is 21.0. The number of amides is 1. The van der Waals surface area contributed by atoms with Crippen molar-refractivity contribution in [3.8, 4) is 0 Å². The predicted molar refractivity (Wildman–Crippen MR) is 121 cm³/mol. The number of aryl methyl sites for hydroxylation is 1. The molecule has 0 radical (unpaired) electrons. The molecule has 1 N–H and O–H groups in total. The quantitative estimate of drug-likeness (QED) is 0.299. The SMILES string of the molecule is C=CCNc1nc2c(C)cccn2c(=O)c1C=C1SC(=S)N(CCCOC)C1=O. The first-order valence-electron chi connectivity index (χ1n) is 9.09. The lowest BCUT2D eigenvalue weighted by molar-refractivity contribution is -0.122. The van der Waals surface area contributed by atoms with Crippen LogP contribution in [-0.2, 0) is 9.53 Å². The highest BCUT2D eigenvalue weighted by Gasteiger charge is 2.32. The molecule has 0 spiro atoms. The Bertz CT molecular complexity index is 1060. The molecule has 29 heavy (non-hydrogen) atoms. The van der Waals surface area contributed by atoms with Gasteiger partial charge in [0.05, 0.1) is 10.5 Å². The van der Waals surface area contributed by atoms with Crippen LogP contribution in [0.1, 0.15) is 17.5 Å². The van der Waals surface area contributed by atoms with Crippen LogP contribution < -0.4 is 10.9 Å². The van der Waals surface area contributed by atoms with Gasteiger partial charge in [0, 0.05) is 33.0 Å². The van der Waals surface area contributed by atoms with Crippen molar-refractivity contribution in [2.24, 2.45) is 0 Å². The molecular weight excluding hydrogens is 408 g/mol. The fourth-order valence-electron chi connectivity index (χ4n) is 2.94. The largest absolute Gasteiger partial charge is 0.385 e. The number of nitrogens with zero attached hydrogens (tertiary/aromatic N) is 3. The van der Waals surface area contributed by atoms with E-state index in [1.807, 2.05) is 13.0 Å². The fourth-order valence-corrected chi connectivity index (χ4v) is 4.23. The minimum absolute atomic E-state index is 0.209. The molecule has 1 amide bonds. The summed E-state index contributed by atoms with van der Waals surface area (Å²) in [5.41, 5.74) is 1.50. The van der Waals surface area contributed by atoms with Crippen LogP contribution in [0, 0.1) is 6.92 Å². The highest BCUT2D eigenvalue weighted by molar-refractivity contribution is 8.26. The third kappa shape index (κ3) is 4.42. The average molecular weight is 431 g/mol. The molecule has 2 aromatic rings. The Morgan fingerprint density at radius 2 is 2.21 bits per heavy atom. The summed E-state index contributed by atoms with van der Waals surface area (Å²) < 4.78 is 7.00. The van der Waals surface area contributed by atoms with Gasteiger partial charge in [0.25, 0.3) is 11.5 Å². The zero-order valence-corrected chi connectivity index (χ0v) is 17.9. The van der Waals surface area contributed by atoms with Crippen molar-refractivity contribution < 1.29 is 9.53 Å². The number of ether oxygens (including phenoxy) is 1. The second kappa shape index (κ2) is 9.34. The molecule has 7 nitrogen and oxygen atoms in total. The van der Waals surface area contributed by atoms with Crippen molar-refractivity contribution >= 4 is 51.7 Å². The maximum atomic E-state index is 13.2. The van der Waals surface area contributed by atoms with Gasteiger partial charge in [0.1, 0.15) is 15.8 Å². The number of thiocarbonyl (C=S) groups is 1. The van der Waals surface area contributed by atoms with E-state index >= 15 is 0 Å². The first-order valence-corrected chi connectivity index (χ1v) is 10.3. The Hall–Kier alpha value is -2.49. The van der Waals surface area contributed by atoms with Gasteiger partial charge in [-0.15, -0.1) is 6.58 Å². The van der Waals surface area contributed by atoms with Gasteiger partial charge in [-0.2, -0.15) is 0 Å². The van der Waals surface area contributed by atoms with E-state index in [1.54, 1.807) is 31.5 Å². The molecule has 1 fully saturated rings. The number of thioether (sulfide) groups is 1. The van der Waals surface area contributed by atoms with E-state index in [9.17, 15) is 9.59 Å². The summed E-state index contributed by atoms with van der Waals surface area (Å²) in [6.07, 6.45) is 5.61. The first-order chi connectivity index (χ1) is 14.0. The molecule has 0 unspecified atom stereocenters. The summed E-state index contributed by atoms with van der Waals surface area (Å²) in [5, 5.41) is 3.11. The minimum Gasteiger partial charge on any atom is -0.385 e. The smallest absolute Gasteiger partial charge is 0.267 e. The second-order valence-corrected chi connectivity index (χ2v) is 8.09. The average Bonchev–Trinajstić information content (AvgIpc) is 2.97. The summed E-state index contributed by atoms with van der Waals surface area (Å²) in [4.78, 5) is 32.5. The van der Waals surface area contributed by atoms with Crippen LogP contribution in [0.15, 0.2) is 40.7 Å². The van der Waals surface area contributed by atoms with E-state index in [1.165, 1.54) is 21.1 Å². The van der Waals surface area contributed by atoms with E-state index in [-0.39, 0.29) is 11.5 Å². The maximum Gasteiger partial charge on any atom is 0.267 e. The summed E-state index contributed by atoms with van der Waals surface area (Å²) in [6.45, 7) is 7.05. The standard InChI is InChI=1S/C20H22N4O3S2/c1-4-8-21-16-14(18(25)23-9-5-7-13(2)17(23)22-16)12-15-19(26)24(20(28)29-15)10-6-11-27-3/h4-5,7,9,12,21H,1,6,8,10-11H2,2-3H3. The number of hydrogen-bond acceptors (Lipinski definition) is 7. The molecule has 3 rings (SSSR count). The predicted octanol–water partition coefficient (Wildman–Crippen LogP) is 2.84. The molecule has 0 saturated carbocycles. The van der Waals surface area contributed by atoms with Gasteiger partial charge in [-0.3, -0.25) is 18.9 Å². The third-order valence-electron chi connectivity index (χ3n) is 4.38. The monoisotopic (exact) mass is 430 g/mol. The van der Waals surface area contributed by atoms with E-state index in [4.69, 9.17) is 17.0 Å². The normalized spacial score (nSPS) is 15.5. The summed E-state index contributed by atoms with van der Waals surface area (Å²) in [6, 6.07) is 3.69. The number of carbonyl (C=O) groups is 1. The molecule has 0 aromatic carbocycles. The topological polar surface area (TPSA) is 75.9 Å². The lowest BCUT2D eigenvalue weighted by atomic mass is 10.2. The molecule has 1 saturated heterocycles. The Balaban J connectivity index is 2.05. The van der Waals surface area contributed by atoms with Crippen LogP contribution >= 0.6 is 24.0 Å². The second-order valence-electron chi connectivity index (χ2n) is 6.41. The van der Waals surface area contributed by atoms with Crippen molar-refractivity contribution in [2.75, 3.05) is 32.1 Å². The van der Waals surface area contributed by atoms with Crippen LogP contribution in [0.3, 0.4) is 0 Å². The Labute approximate surface area is 178 Å². The van der Waals surface area contributed by atoms with Crippen LogP contribution in [0.25, 0.3) is 11.7 Å². The molecular formula is C20H22N4O3S2. The number of hydrogen-bond donors (Lipinski definition) is 1. The van der Waals surface area contributed by atoms with E-state index in [2.05, 4.69) is 16.9 Å². The number of methoxy groups -OCH3 is 1. The molecule has 0 bridgehead atoms. The van der Waals surface area contributed by atoms with Crippen molar-refractivity contribution in [1.29, 1.82) is 0 Å². The van der Waals surface area contributed by atoms with Gasteiger partial charge >= 0.3 is 0 Å². The molecule has 1 aliphatic heterocycles. The first kappa shape index (κ1) is 21.2. The molecule has 3 heterocycles. The summed E-state index contributed by atoms with van der Waals surface area (Å²) >= 11 is 6.54. The molecule has 0 aliphatic carbocycles. The summed E-state index contributed by atoms with van der Waals surface area (Å²) in [5.74, 6) is 0.202. The van der Waals surface area contributed by atoms with Gasteiger partial charge < -0.3 is 10.1 Å². The van der Waals surface area contributed by atoms with Crippen molar-refractivity contribution in [3.05, 3.63) is 57.4 Å². The lowest BCUT2D eigenvalue weighted by Crippen LogP contribution is -2.29. The van der Waals surface area contributed by atoms with Crippen LogP contribution in [0.2, 0.25) is 0 Å². The number of aromatic nitrogens is 2. The van der Waals surface area contributed by atoms with Crippen molar-refractivity contribution in [3.63, 3.8) is 0 Å². The number of anilines is 1. The number of nitrogens with one attached hydrogen (secondary N) is 1. The van der Waals surface area contributed by atoms with E-state index < -0.39 is 0 Å². The van der Waals surface area contributed by atoms with Crippen molar-refractivity contribution in [1.82, 2.24) is 14.3 Å². The number of fused-ring (bicyclic) bond motifs is 1. The number of rotatable bonds is 8. The number of carbonyl (C=O) groups excluding carboxylic acids is 1. The third-order valence-corrected chi connectivity index (χ3v) is 5.76. The number of pyridine rings is 1. The van der Waals surface area contributed by atoms with Gasteiger partial charge in [-0.05, 0) is 31.1 Å². The van der Waals surface area contributed by atoms with Crippen LogP contribution in [-0.4, -0.2) is 51.3 Å². The van der Waals surface area contributed by atoms with Gasteiger partial charge in [0.15, 0.2) is 0 Å². The van der Waals surface area contributed by atoms with E-state index in [0.717, 1.165) is 5.56 Å².